The lowest BCUT2D eigenvalue weighted by atomic mass is 10.2. The van der Waals surface area contributed by atoms with E-state index in [1.165, 1.54) is 0 Å². The Morgan fingerprint density at radius 3 is 2.92 bits per heavy atom. The zero-order valence-corrected chi connectivity index (χ0v) is 13.9. The molecule has 24 heavy (non-hydrogen) atoms. The zero-order valence-electron chi connectivity index (χ0n) is 13.9. The van der Waals surface area contributed by atoms with E-state index in [4.69, 9.17) is 9.47 Å². The van der Waals surface area contributed by atoms with Crippen LogP contribution in [0.4, 0.5) is 0 Å². The molecule has 0 unspecified atom stereocenters. The quantitative estimate of drug-likeness (QED) is 0.829. The van der Waals surface area contributed by atoms with Crippen molar-refractivity contribution in [2.75, 3.05) is 13.7 Å². The molecule has 6 heteroatoms. The number of nitrogens with zero attached hydrogens (tertiary/aromatic N) is 2. The van der Waals surface area contributed by atoms with Gasteiger partial charge in [-0.15, -0.1) is 0 Å². The van der Waals surface area contributed by atoms with Crippen LogP contribution >= 0.6 is 0 Å². The predicted octanol–water partition coefficient (Wildman–Crippen LogP) is 2.79. The van der Waals surface area contributed by atoms with Crippen LogP contribution in [0.1, 0.15) is 29.5 Å². The first-order valence-electron chi connectivity index (χ1n) is 8.00. The number of para-hydroxylation sites is 2. The maximum Gasteiger partial charge on any atom is 0.275 e. The van der Waals surface area contributed by atoms with E-state index in [2.05, 4.69) is 23.2 Å². The van der Waals surface area contributed by atoms with Crippen molar-refractivity contribution in [3.63, 3.8) is 0 Å². The van der Waals surface area contributed by atoms with Gasteiger partial charge >= 0.3 is 0 Å². The van der Waals surface area contributed by atoms with E-state index in [9.17, 15) is 4.79 Å². The van der Waals surface area contributed by atoms with Crippen LogP contribution in [0.25, 0.3) is 0 Å². The summed E-state index contributed by atoms with van der Waals surface area (Å²) >= 11 is 0. The maximum atomic E-state index is 12.5. The molecule has 1 aromatic carbocycles. The van der Waals surface area contributed by atoms with E-state index in [1.807, 2.05) is 35.2 Å². The second-order valence-electron chi connectivity index (χ2n) is 5.58. The number of carbonyl (C=O) groups is 1. The van der Waals surface area contributed by atoms with Crippen molar-refractivity contribution in [3.8, 4) is 11.5 Å². The minimum atomic E-state index is -0.0633. The molecule has 3 rings (SSSR count). The van der Waals surface area contributed by atoms with Gasteiger partial charge in [-0.25, -0.2) is 0 Å². The molecule has 0 saturated carbocycles. The summed E-state index contributed by atoms with van der Waals surface area (Å²) in [5.74, 6) is 1.26. The molecule has 126 valence electrons. The Morgan fingerprint density at radius 2 is 2.17 bits per heavy atom. The number of carbonyl (C=O) groups excluding carboxylic acids is 1. The monoisotopic (exact) mass is 327 g/mol. The summed E-state index contributed by atoms with van der Waals surface area (Å²) < 4.78 is 11.0. The molecule has 1 aliphatic rings. The van der Waals surface area contributed by atoms with Crippen molar-refractivity contribution in [2.45, 2.75) is 26.0 Å². The molecule has 0 spiro atoms. The molecule has 1 aromatic heterocycles. The lowest BCUT2D eigenvalue weighted by Gasteiger charge is -2.22. The fraction of sp³-hybridized carbons (Fsp3) is 0.333. The van der Waals surface area contributed by atoms with Crippen LogP contribution in [0.3, 0.4) is 0 Å². The number of hydrogen-bond acceptors (Lipinski definition) is 4. The highest BCUT2D eigenvalue weighted by Crippen LogP contribution is 2.26. The number of aromatic nitrogens is 2. The molecule has 1 amide bonds. The number of methoxy groups -OCH3 is 1. The first-order chi connectivity index (χ1) is 11.7. The molecular weight excluding hydrogens is 306 g/mol. The summed E-state index contributed by atoms with van der Waals surface area (Å²) in [7, 11) is 1.60. The molecule has 2 heterocycles. The molecule has 0 fully saturated rings. The third-order valence-electron chi connectivity index (χ3n) is 4.04. The molecule has 6 nitrogen and oxygen atoms in total. The van der Waals surface area contributed by atoms with Crippen molar-refractivity contribution in [2.24, 2.45) is 0 Å². The second-order valence-corrected chi connectivity index (χ2v) is 5.58. The minimum absolute atomic E-state index is 0.0633. The summed E-state index contributed by atoms with van der Waals surface area (Å²) in [4.78, 5) is 14.4. The van der Waals surface area contributed by atoms with Crippen LogP contribution in [0.15, 0.2) is 42.5 Å². The molecule has 1 aliphatic heterocycles. The number of amides is 1. The van der Waals surface area contributed by atoms with E-state index in [0.717, 1.165) is 12.1 Å². The first-order valence-corrected chi connectivity index (χ1v) is 8.00. The molecular formula is C18H21N3O3. The summed E-state index contributed by atoms with van der Waals surface area (Å²) in [6.07, 6.45) is 4.98. The van der Waals surface area contributed by atoms with Gasteiger partial charge in [-0.3, -0.25) is 9.89 Å². The average Bonchev–Trinajstić information content (AvgIpc) is 3.28. The number of nitrogens with one attached hydrogen (secondary N) is 1. The van der Waals surface area contributed by atoms with Gasteiger partial charge < -0.3 is 14.4 Å². The van der Waals surface area contributed by atoms with Gasteiger partial charge in [-0.2, -0.15) is 5.10 Å². The predicted molar refractivity (Wildman–Crippen MR) is 90.2 cm³/mol. The Kier molecular flexibility index (Phi) is 4.84. The Labute approximate surface area is 141 Å². The standard InChI is InChI=1S/C18H21N3O3/c1-3-14-7-6-10-21(14)18(22)15-11-13(19-20-15)12-24-17-9-5-4-8-16(17)23-2/h4-9,11,14H,3,10,12H2,1-2H3,(H,19,20)/t14-/m1/s1. The van der Waals surface area contributed by atoms with Gasteiger partial charge in [0.05, 0.1) is 18.8 Å². The Balaban J connectivity index is 1.64. The third-order valence-corrected chi connectivity index (χ3v) is 4.04. The Bertz CT molecular complexity index is 739. The highest BCUT2D eigenvalue weighted by molar-refractivity contribution is 5.93. The lowest BCUT2D eigenvalue weighted by molar-refractivity contribution is 0.0741. The van der Waals surface area contributed by atoms with Crippen LogP contribution in [0, 0.1) is 0 Å². The number of rotatable bonds is 6. The number of benzene rings is 1. The van der Waals surface area contributed by atoms with E-state index < -0.39 is 0 Å². The van der Waals surface area contributed by atoms with Gasteiger partial charge in [0, 0.05) is 6.54 Å². The highest BCUT2D eigenvalue weighted by Gasteiger charge is 2.26. The van der Waals surface area contributed by atoms with E-state index in [1.54, 1.807) is 13.2 Å². The van der Waals surface area contributed by atoms with Gasteiger partial charge in [0.2, 0.25) is 0 Å². The highest BCUT2D eigenvalue weighted by atomic mass is 16.5. The van der Waals surface area contributed by atoms with Gasteiger partial charge in [0.25, 0.3) is 5.91 Å². The molecule has 0 bridgehead atoms. The summed E-state index contributed by atoms with van der Waals surface area (Å²) in [6.45, 7) is 2.99. The van der Waals surface area contributed by atoms with Crippen LogP contribution in [-0.4, -0.2) is 40.7 Å². The topological polar surface area (TPSA) is 67.5 Å². The SMILES string of the molecule is CC[C@@H]1C=CCN1C(=O)c1cc(COc2ccccc2OC)[nH]n1. The van der Waals surface area contributed by atoms with Crippen molar-refractivity contribution in [1.29, 1.82) is 0 Å². The normalized spacial score (nSPS) is 16.4. The number of hydrogen-bond donors (Lipinski definition) is 1. The third kappa shape index (κ3) is 3.27. The van der Waals surface area contributed by atoms with Crippen LogP contribution in [-0.2, 0) is 6.61 Å². The molecule has 1 N–H and O–H groups in total. The van der Waals surface area contributed by atoms with Gasteiger partial charge in [-0.1, -0.05) is 31.2 Å². The average molecular weight is 327 g/mol. The van der Waals surface area contributed by atoms with Gasteiger partial charge in [0.15, 0.2) is 17.2 Å². The molecule has 0 aliphatic carbocycles. The van der Waals surface area contributed by atoms with Crippen LogP contribution < -0.4 is 9.47 Å². The van der Waals surface area contributed by atoms with E-state index in [-0.39, 0.29) is 18.6 Å². The smallest absolute Gasteiger partial charge is 0.275 e. The molecule has 1 atom stereocenters. The molecule has 0 saturated heterocycles. The minimum Gasteiger partial charge on any atom is -0.493 e. The largest absolute Gasteiger partial charge is 0.493 e. The van der Waals surface area contributed by atoms with E-state index in [0.29, 0.717) is 23.7 Å². The Hall–Kier alpha value is -2.76. The summed E-state index contributed by atoms with van der Waals surface area (Å²) in [5, 5.41) is 7.00. The van der Waals surface area contributed by atoms with Crippen molar-refractivity contribution in [1.82, 2.24) is 15.1 Å². The molecule has 2 aromatic rings. The zero-order chi connectivity index (χ0) is 16.9. The van der Waals surface area contributed by atoms with Gasteiger partial charge in [-0.05, 0) is 24.6 Å². The molecule has 0 radical (unpaired) electrons. The summed E-state index contributed by atoms with van der Waals surface area (Å²) in [6, 6.07) is 9.33. The Morgan fingerprint density at radius 1 is 1.38 bits per heavy atom. The fourth-order valence-corrected chi connectivity index (χ4v) is 2.75. The lowest BCUT2D eigenvalue weighted by Crippen LogP contribution is -2.35. The number of aromatic amines is 1. The van der Waals surface area contributed by atoms with Crippen molar-refractivity contribution < 1.29 is 14.3 Å². The number of ether oxygens (including phenoxy) is 2. The second kappa shape index (κ2) is 7.21. The fourth-order valence-electron chi connectivity index (χ4n) is 2.75. The maximum absolute atomic E-state index is 12.5. The van der Waals surface area contributed by atoms with Crippen LogP contribution in [0.5, 0.6) is 11.5 Å². The van der Waals surface area contributed by atoms with Crippen molar-refractivity contribution >= 4 is 5.91 Å². The first kappa shape index (κ1) is 16.1. The van der Waals surface area contributed by atoms with Crippen molar-refractivity contribution in [3.05, 3.63) is 53.9 Å². The van der Waals surface area contributed by atoms with E-state index >= 15 is 0 Å². The van der Waals surface area contributed by atoms with Gasteiger partial charge in [0.1, 0.15) is 6.61 Å². The summed E-state index contributed by atoms with van der Waals surface area (Å²) in [5.41, 5.74) is 1.15. The number of H-pyrrole nitrogens is 1. The van der Waals surface area contributed by atoms with Crippen LogP contribution in [0.2, 0.25) is 0 Å².